The molecule has 0 bridgehead atoms. The Bertz CT molecular complexity index is 2110. The first kappa shape index (κ1) is 34.7. The van der Waals surface area contributed by atoms with Crippen molar-refractivity contribution in [2.75, 3.05) is 0 Å². The minimum atomic E-state index is -0.293. The van der Waals surface area contributed by atoms with Crippen LogP contribution >= 0.6 is 0 Å². The zero-order valence-electron chi connectivity index (χ0n) is 28.2. The van der Waals surface area contributed by atoms with Crippen molar-refractivity contribution >= 4 is 11.1 Å². The molecule has 7 aromatic rings. The molecule has 7 rings (SSSR count). The summed E-state index contributed by atoms with van der Waals surface area (Å²) in [5, 5.41) is 0. The average molecular weight is 816 g/mol. The summed E-state index contributed by atoms with van der Waals surface area (Å²) in [6.07, 6.45) is 7.55. The molecule has 0 saturated carbocycles. The largest absolute Gasteiger partial charge is 0.488 e. The second-order valence-corrected chi connectivity index (χ2v) is 12.3. The smallest absolute Gasteiger partial charge is 0.180 e. The van der Waals surface area contributed by atoms with E-state index in [1.54, 1.807) is 12.3 Å². The van der Waals surface area contributed by atoms with Crippen LogP contribution in [0.25, 0.3) is 45.3 Å². The van der Waals surface area contributed by atoms with Crippen LogP contribution < -0.4 is 0 Å². The fraction of sp³-hybridized carbons (Fsp3) is 0.225. The first-order valence-electron chi connectivity index (χ1n) is 15.9. The molecule has 3 heterocycles. The quantitative estimate of drug-likeness (QED) is 0.157. The van der Waals surface area contributed by atoms with E-state index in [1.807, 2.05) is 48.3 Å². The maximum atomic E-state index is 13.0. The van der Waals surface area contributed by atoms with Gasteiger partial charge in [-0.25, -0.2) is 4.98 Å². The van der Waals surface area contributed by atoms with Gasteiger partial charge < -0.3 is 13.6 Å². The molecule has 4 aromatic carbocycles. The van der Waals surface area contributed by atoms with Crippen LogP contribution in [0.5, 0.6) is 0 Å². The van der Waals surface area contributed by atoms with E-state index < -0.39 is 0 Å². The fourth-order valence-electron chi connectivity index (χ4n) is 6.00. The minimum absolute atomic E-state index is 0. The van der Waals surface area contributed by atoms with Gasteiger partial charge in [-0.1, -0.05) is 64.1 Å². The predicted octanol–water partition coefficient (Wildman–Crippen LogP) is 10.1. The summed E-state index contributed by atoms with van der Waals surface area (Å²) in [4.78, 5) is 13.5. The third-order valence-corrected chi connectivity index (χ3v) is 8.23. The topological polar surface area (TPSA) is 61.7 Å². The molecule has 8 heteroatoms. The van der Waals surface area contributed by atoms with Crippen LogP contribution in [0.4, 0.5) is 4.39 Å². The van der Waals surface area contributed by atoms with Gasteiger partial charge in [-0.3, -0.25) is 14.4 Å². The second-order valence-electron chi connectivity index (χ2n) is 12.3. The van der Waals surface area contributed by atoms with Crippen molar-refractivity contribution in [3.8, 4) is 34.2 Å². The van der Waals surface area contributed by atoms with Crippen molar-refractivity contribution in [1.29, 1.82) is 0 Å². The maximum absolute atomic E-state index is 13.0. The van der Waals surface area contributed by atoms with Gasteiger partial charge in [0, 0.05) is 74.5 Å². The van der Waals surface area contributed by atoms with Crippen LogP contribution in [0.1, 0.15) is 67.7 Å². The molecule has 0 fully saturated rings. The van der Waals surface area contributed by atoms with Crippen LogP contribution in [0.2, 0.25) is 0 Å². The molecule has 1 radical (unpaired) electrons. The molecule has 0 spiro atoms. The Hall–Kier alpha value is -4.65. The van der Waals surface area contributed by atoms with Gasteiger partial charge >= 0.3 is 0 Å². The van der Waals surface area contributed by atoms with Crippen molar-refractivity contribution in [2.24, 2.45) is 0 Å². The molecular weight excluding hydrogens is 778 g/mol. The number of oxazole rings is 1. The number of imidazole rings is 2. The van der Waals surface area contributed by atoms with Gasteiger partial charge in [0.25, 0.3) is 0 Å². The van der Waals surface area contributed by atoms with Crippen LogP contribution in [0, 0.1) is 38.7 Å². The monoisotopic (exact) mass is 816 g/mol. The van der Waals surface area contributed by atoms with E-state index >= 15 is 0 Å². The number of para-hydroxylation sites is 2. The second kappa shape index (κ2) is 14.6. The molecule has 0 aliphatic heterocycles. The molecule has 0 aliphatic carbocycles. The Labute approximate surface area is 295 Å². The zero-order valence-corrected chi connectivity index (χ0v) is 30.6. The Morgan fingerprint density at radius 2 is 1.27 bits per heavy atom. The van der Waals surface area contributed by atoms with Crippen LogP contribution in [-0.2, 0) is 20.1 Å². The van der Waals surface area contributed by atoms with Crippen molar-refractivity contribution in [1.82, 2.24) is 24.1 Å². The molecule has 0 atom stereocenters. The third kappa shape index (κ3) is 6.96. The van der Waals surface area contributed by atoms with Gasteiger partial charge in [-0.05, 0) is 47.9 Å². The Balaban J connectivity index is 0.000000192. The van der Waals surface area contributed by atoms with Crippen molar-refractivity contribution in [3.63, 3.8) is 0 Å². The third-order valence-electron chi connectivity index (χ3n) is 8.23. The van der Waals surface area contributed by atoms with E-state index in [-0.39, 0.29) is 25.9 Å². The summed E-state index contributed by atoms with van der Waals surface area (Å²) < 4.78 is 22.8. The number of halogens is 1. The Morgan fingerprint density at radius 1 is 0.708 bits per heavy atom. The summed E-state index contributed by atoms with van der Waals surface area (Å²) in [5.41, 5.74) is 10.6. The number of aromatic nitrogens is 5. The molecule has 6 nitrogen and oxygen atoms in total. The van der Waals surface area contributed by atoms with Gasteiger partial charge in [0.15, 0.2) is 5.89 Å². The summed E-state index contributed by atoms with van der Waals surface area (Å²) >= 11 is 0. The van der Waals surface area contributed by atoms with E-state index in [2.05, 4.69) is 104 Å². The van der Waals surface area contributed by atoms with Gasteiger partial charge in [-0.2, -0.15) is 0 Å². The number of rotatable bonds is 6. The van der Waals surface area contributed by atoms with Crippen LogP contribution in [0.15, 0.2) is 95.9 Å². The van der Waals surface area contributed by atoms with Gasteiger partial charge in [0.2, 0.25) is 0 Å². The van der Waals surface area contributed by atoms with Gasteiger partial charge in [0.05, 0.1) is 17.2 Å². The van der Waals surface area contributed by atoms with Gasteiger partial charge in [-0.15, -0.1) is 53.6 Å². The molecule has 3 aromatic heterocycles. The summed E-state index contributed by atoms with van der Waals surface area (Å²) in [6, 6.07) is 27.3. The van der Waals surface area contributed by atoms with Crippen molar-refractivity contribution in [3.05, 3.63) is 138 Å². The average Bonchev–Trinajstić information content (AvgIpc) is 3.80. The Kier molecular flexibility index (Phi) is 10.6. The molecular formula is C40H38FIrN5O-2. The fourth-order valence-corrected chi connectivity index (χ4v) is 6.00. The number of nitrogens with zero attached hydrogens (tertiary/aromatic N) is 5. The predicted molar refractivity (Wildman–Crippen MR) is 186 cm³/mol. The number of fused-ring (bicyclic) bond motifs is 1. The SMILES string of the molecule is Cc1cccc(C)c1-n1ccnc1-c1[c-]cc(F)cc1.Cc1nc2cc(-c3nccn3-c3c(C(C)C)cccc3C(C)C)[c-]cc2o1.[Ir]. The number of hydrogen-bond acceptors (Lipinski definition) is 4. The maximum Gasteiger partial charge on any atom is 0.180 e. The van der Waals surface area contributed by atoms with E-state index in [0.717, 1.165) is 39.6 Å². The first-order valence-corrected chi connectivity index (χ1v) is 15.9. The molecule has 48 heavy (non-hydrogen) atoms. The van der Waals surface area contributed by atoms with Crippen LogP contribution in [0.3, 0.4) is 0 Å². The van der Waals surface area contributed by atoms with E-state index in [0.29, 0.717) is 17.7 Å². The molecule has 0 amide bonds. The van der Waals surface area contributed by atoms with Crippen LogP contribution in [-0.4, -0.2) is 24.1 Å². The summed E-state index contributed by atoms with van der Waals surface area (Å²) in [6.45, 7) is 14.9. The molecule has 0 N–H and O–H groups in total. The van der Waals surface area contributed by atoms with Crippen molar-refractivity contribution < 1.29 is 28.9 Å². The normalized spacial score (nSPS) is 11.1. The molecule has 0 saturated heterocycles. The molecule has 0 unspecified atom stereocenters. The molecule has 0 aliphatic rings. The number of hydrogen-bond donors (Lipinski definition) is 0. The standard InChI is InChI=1S/C23H24N3O.C17H14FN2.Ir/c1-14(2)18-7-6-8-19(15(3)4)22(18)26-12-11-24-23(26)17-9-10-21-20(13-17)25-16(5)27-21;1-12-4-3-5-13(2)16(12)20-11-10-19-17(20)14-6-8-15(18)9-7-14;/h6-8,10-15H,1-5H3;3-6,8-11H,1-2H3;/q2*-1;. The van der Waals surface area contributed by atoms with Gasteiger partial charge in [0.1, 0.15) is 0 Å². The van der Waals surface area contributed by atoms with E-state index in [9.17, 15) is 4.39 Å². The minimum Gasteiger partial charge on any atom is -0.488 e. The van der Waals surface area contributed by atoms with E-state index in [1.165, 1.54) is 40.1 Å². The Morgan fingerprint density at radius 3 is 1.85 bits per heavy atom. The first-order chi connectivity index (χ1) is 22.6. The summed E-state index contributed by atoms with van der Waals surface area (Å²) in [7, 11) is 0. The van der Waals surface area contributed by atoms with E-state index in [4.69, 9.17) is 4.42 Å². The zero-order chi connectivity index (χ0) is 33.2. The summed E-state index contributed by atoms with van der Waals surface area (Å²) in [5.74, 6) is 2.83. The number of aryl methyl sites for hydroxylation is 3. The molecule has 247 valence electrons. The number of benzene rings is 4. The van der Waals surface area contributed by atoms with Crippen molar-refractivity contribution in [2.45, 2.75) is 60.3 Å².